The summed E-state index contributed by atoms with van der Waals surface area (Å²) in [5, 5.41) is 2.80. The molecule has 2 amide bonds. The molecule has 114 valence electrons. The Balaban J connectivity index is 1.93. The molecule has 1 saturated heterocycles. The number of carbonyl (C=O) groups is 2. The average Bonchev–Trinajstić information content (AvgIpc) is 2.91. The third kappa shape index (κ3) is 4.22. The highest BCUT2D eigenvalue weighted by molar-refractivity contribution is 7.98. The molecule has 21 heavy (non-hydrogen) atoms. The molecule has 0 bridgehead atoms. The molecule has 5 nitrogen and oxygen atoms in total. The first-order valence-corrected chi connectivity index (χ1v) is 8.47. The first-order valence-electron chi connectivity index (χ1n) is 7.07. The quantitative estimate of drug-likeness (QED) is 0.841. The molecule has 3 N–H and O–H groups in total. The Morgan fingerprint density at radius 1 is 1.43 bits per heavy atom. The van der Waals surface area contributed by atoms with E-state index in [4.69, 9.17) is 5.73 Å². The van der Waals surface area contributed by atoms with Crippen LogP contribution in [0.4, 0.5) is 11.4 Å². The van der Waals surface area contributed by atoms with Gasteiger partial charge in [-0.3, -0.25) is 9.59 Å². The average molecular weight is 307 g/mol. The summed E-state index contributed by atoms with van der Waals surface area (Å²) in [6.45, 7) is 0.768. The van der Waals surface area contributed by atoms with Crippen LogP contribution in [0, 0.1) is 0 Å². The van der Waals surface area contributed by atoms with Crippen molar-refractivity contribution in [3.05, 3.63) is 24.3 Å². The van der Waals surface area contributed by atoms with E-state index >= 15 is 0 Å². The lowest BCUT2D eigenvalue weighted by molar-refractivity contribution is -0.118. The summed E-state index contributed by atoms with van der Waals surface area (Å²) in [6.07, 6.45) is 4.17. The normalized spacial score (nSPS) is 16.1. The molecule has 0 saturated carbocycles. The van der Waals surface area contributed by atoms with Crippen LogP contribution in [0.15, 0.2) is 24.3 Å². The van der Waals surface area contributed by atoms with E-state index in [9.17, 15) is 9.59 Å². The Hall–Kier alpha value is -1.53. The number of thioether (sulfide) groups is 1. The van der Waals surface area contributed by atoms with E-state index in [1.165, 1.54) is 0 Å². The number of nitrogens with zero attached hydrogens (tertiary/aromatic N) is 1. The minimum atomic E-state index is -0.489. The van der Waals surface area contributed by atoms with Crippen LogP contribution in [0.1, 0.15) is 19.3 Å². The zero-order valence-electron chi connectivity index (χ0n) is 12.2. The van der Waals surface area contributed by atoms with E-state index in [-0.39, 0.29) is 11.8 Å². The van der Waals surface area contributed by atoms with Crippen molar-refractivity contribution in [2.24, 2.45) is 5.73 Å². The Kier molecular flexibility index (Phi) is 5.64. The molecule has 6 heteroatoms. The van der Waals surface area contributed by atoms with Gasteiger partial charge in [-0.05, 0) is 49.1 Å². The molecule has 0 radical (unpaired) electrons. The third-order valence-electron chi connectivity index (χ3n) is 3.49. The Morgan fingerprint density at radius 2 is 2.14 bits per heavy atom. The molecule has 1 aromatic carbocycles. The maximum absolute atomic E-state index is 11.9. The molecular weight excluding hydrogens is 286 g/mol. The van der Waals surface area contributed by atoms with E-state index in [0.717, 1.165) is 24.4 Å². The standard InChI is InChI=1S/C15H21N3O2S/c1-21-10-8-13(16)15(20)17-11-4-6-12(7-5-11)18-9-2-3-14(18)19/h4-7,13H,2-3,8-10,16H2,1H3,(H,17,20)/t13-/m0/s1. The molecule has 1 aliphatic rings. The summed E-state index contributed by atoms with van der Waals surface area (Å²) in [6, 6.07) is 6.83. The lowest BCUT2D eigenvalue weighted by Gasteiger charge is -2.16. The number of nitrogens with two attached hydrogens (primary N) is 1. The monoisotopic (exact) mass is 307 g/mol. The van der Waals surface area contributed by atoms with Gasteiger partial charge in [0.2, 0.25) is 11.8 Å². The second kappa shape index (κ2) is 7.47. The minimum Gasteiger partial charge on any atom is -0.325 e. The summed E-state index contributed by atoms with van der Waals surface area (Å²) in [5.74, 6) is 0.852. The fraction of sp³-hybridized carbons (Fsp3) is 0.467. The minimum absolute atomic E-state index is 0.158. The molecule has 0 spiro atoms. The molecule has 2 rings (SSSR count). The SMILES string of the molecule is CSCC[C@H](N)C(=O)Nc1ccc(N2CCCC2=O)cc1. The van der Waals surface area contributed by atoms with Crippen molar-refractivity contribution in [2.45, 2.75) is 25.3 Å². The largest absolute Gasteiger partial charge is 0.325 e. The molecule has 0 aromatic heterocycles. The number of nitrogens with one attached hydrogen (secondary N) is 1. The van der Waals surface area contributed by atoms with Gasteiger partial charge in [0.25, 0.3) is 0 Å². The molecule has 1 atom stereocenters. The summed E-state index contributed by atoms with van der Waals surface area (Å²) in [4.78, 5) is 25.3. The zero-order valence-corrected chi connectivity index (χ0v) is 13.0. The summed E-state index contributed by atoms with van der Waals surface area (Å²) in [5.41, 5.74) is 7.40. The van der Waals surface area contributed by atoms with E-state index < -0.39 is 6.04 Å². The van der Waals surface area contributed by atoms with E-state index in [0.29, 0.717) is 18.5 Å². The number of amides is 2. The van der Waals surface area contributed by atoms with Crippen molar-refractivity contribution < 1.29 is 9.59 Å². The van der Waals surface area contributed by atoms with Crippen molar-refractivity contribution in [1.29, 1.82) is 0 Å². The number of benzene rings is 1. The van der Waals surface area contributed by atoms with Crippen molar-refractivity contribution in [2.75, 3.05) is 28.8 Å². The van der Waals surface area contributed by atoms with Crippen molar-refractivity contribution in [1.82, 2.24) is 0 Å². The number of carbonyl (C=O) groups excluding carboxylic acids is 2. The van der Waals surface area contributed by atoms with Crippen LogP contribution in [-0.4, -0.2) is 36.4 Å². The van der Waals surface area contributed by atoms with Crippen LogP contribution in [-0.2, 0) is 9.59 Å². The van der Waals surface area contributed by atoms with Gasteiger partial charge in [-0.2, -0.15) is 11.8 Å². The Labute approximate surface area is 129 Å². The van der Waals surface area contributed by atoms with Gasteiger partial charge in [-0.15, -0.1) is 0 Å². The highest BCUT2D eigenvalue weighted by Gasteiger charge is 2.21. The number of hydrogen-bond acceptors (Lipinski definition) is 4. The molecule has 1 heterocycles. The van der Waals surface area contributed by atoms with Crippen molar-refractivity contribution in [3.8, 4) is 0 Å². The highest BCUT2D eigenvalue weighted by atomic mass is 32.2. The number of rotatable bonds is 6. The predicted molar refractivity (Wildman–Crippen MR) is 87.6 cm³/mol. The van der Waals surface area contributed by atoms with Crippen LogP contribution >= 0.6 is 11.8 Å². The van der Waals surface area contributed by atoms with Crippen molar-refractivity contribution >= 4 is 35.0 Å². The lowest BCUT2D eigenvalue weighted by atomic mass is 10.2. The van der Waals surface area contributed by atoms with Gasteiger partial charge >= 0.3 is 0 Å². The van der Waals surface area contributed by atoms with Gasteiger partial charge < -0.3 is 16.0 Å². The first kappa shape index (κ1) is 15.9. The van der Waals surface area contributed by atoms with Crippen LogP contribution in [0.25, 0.3) is 0 Å². The smallest absolute Gasteiger partial charge is 0.241 e. The van der Waals surface area contributed by atoms with Gasteiger partial charge in [0.05, 0.1) is 6.04 Å². The molecule has 1 aliphatic heterocycles. The summed E-state index contributed by atoms with van der Waals surface area (Å²) in [7, 11) is 0. The van der Waals surface area contributed by atoms with Crippen LogP contribution in [0.2, 0.25) is 0 Å². The number of anilines is 2. The van der Waals surface area contributed by atoms with Crippen molar-refractivity contribution in [3.63, 3.8) is 0 Å². The Bertz CT molecular complexity index is 504. The maximum atomic E-state index is 11.9. The highest BCUT2D eigenvalue weighted by Crippen LogP contribution is 2.23. The van der Waals surface area contributed by atoms with Gasteiger partial charge in [0.15, 0.2) is 0 Å². The number of hydrogen-bond donors (Lipinski definition) is 2. The van der Waals surface area contributed by atoms with Gasteiger partial charge in [0, 0.05) is 24.3 Å². The summed E-state index contributed by atoms with van der Waals surface area (Å²) < 4.78 is 0. The second-order valence-corrected chi connectivity index (χ2v) is 6.06. The molecule has 0 unspecified atom stereocenters. The molecule has 1 aromatic rings. The van der Waals surface area contributed by atoms with Crippen LogP contribution in [0.5, 0.6) is 0 Å². The molecule has 1 fully saturated rings. The van der Waals surface area contributed by atoms with E-state index in [2.05, 4.69) is 5.32 Å². The lowest BCUT2D eigenvalue weighted by Crippen LogP contribution is -2.36. The first-order chi connectivity index (χ1) is 10.1. The Morgan fingerprint density at radius 3 is 2.71 bits per heavy atom. The topological polar surface area (TPSA) is 75.4 Å². The van der Waals surface area contributed by atoms with Crippen LogP contribution < -0.4 is 16.0 Å². The predicted octanol–water partition coefficient (Wildman–Crippen LogP) is 1.83. The van der Waals surface area contributed by atoms with Crippen LogP contribution in [0.3, 0.4) is 0 Å². The fourth-order valence-corrected chi connectivity index (χ4v) is 2.75. The van der Waals surface area contributed by atoms with Gasteiger partial charge in [-0.25, -0.2) is 0 Å². The summed E-state index contributed by atoms with van der Waals surface area (Å²) >= 11 is 1.67. The molecule has 0 aliphatic carbocycles. The fourth-order valence-electron chi connectivity index (χ4n) is 2.26. The van der Waals surface area contributed by atoms with Gasteiger partial charge in [-0.1, -0.05) is 0 Å². The van der Waals surface area contributed by atoms with E-state index in [1.54, 1.807) is 28.8 Å². The maximum Gasteiger partial charge on any atom is 0.241 e. The van der Waals surface area contributed by atoms with Gasteiger partial charge in [0.1, 0.15) is 0 Å². The second-order valence-electron chi connectivity index (χ2n) is 5.07. The zero-order chi connectivity index (χ0) is 15.2. The third-order valence-corrected chi connectivity index (χ3v) is 4.13. The van der Waals surface area contributed by atoms with E-state index in [1.807, 2.05) is 18.4 Å². The molecular formula is C15H21N3O2S.